The van der Waals surface area contributed by atoms with Crippen LogP contribution in [0.15, 0.2) is 30.6 Å². The molecule has 3 aromatic rings. The van der Waals surface area contributed by atoms with Crippen molar-refractivity contribution in [1.82, 2.24) is 19.5 Å². The van der Waals surface area contributed by atoms with Crippen LogP contribution in [0.25, 0.3) is 11.2 Å². The molecule has 1 amide bonds. The number of piperidine rings is 1. The molecular formula is C23H28N6O3. The predicted molar refractivity (Wildman–Crippen MR) is 122 cm³/mol. The first-order valence-electron chi connectivity index (χ1n) is 11.0. The zero-order valence-corrected chi connectivity index (χ0v) is 18.2. The molecule has 4 heterocycles. The number of carboxylic acid groups (broad SMARTS) is 1. The van der Waals surface area contributed by atoms with Crippen molar-refractivity contribution in [3.05, 3.63) is 42.0 Å². The molecule has 0 aliphatic carbocycles. The van der Waals surface area contributed by atoms with Crippen LogP contribution in [0.5, 0.6) is 0 Å². The van der Waals surface area contributed by atoms with Crippen molar-refractivity contribution in [3.8, 4) is 0 Å². The summed E-state index contributed by atoms with van der Waals surface area (Å²) in [5.74, 6) is 1.99. The molecular weight excluding hydrogens is 408 g/mol. The van der Waals surface area contributed by atoms with E-state index in [1.165, 1.54) is 12.8 Å². The van der Waals surface area contributed by atoms with Crippen LogP contribution in [-0.2, 0) is 22.6 Å². The smallest absolute Gasteiger partial charge is 0.290 e. The van der Waals surface area contributed by atoms with Crippen LogP contribution in [0.4, 0.5) is 11.5 Å². The summed E-state index contributed by atoms with van der Waals surface area (Å²) < 4.78 is 2.23. The number of fused-ring (bicyclic) bond motifs is 3. The van der Waals surface area contributed by atoms with E-state index in [1.807, 2.05) is 31.2 Å². The average Bonchev–Trinajstić information content (AvgIpc) is 3.19. The average molecular weight is 437 g/mol. The van der Waals surface area contributed by atoms with E-state index in [1.54, 1.807) is 6.33 Å². The Bertz CT molecular complexity index is 1110. The van der Waals surface area contributed by atoms with E-state index < -0.39 is 0 Å². The minimum Gasteiger partial charge on any atom is -0.483 e. The summed E-state index contributed by atoms with van der Waals surface area (Å²) in [6, 6.07) is 7.94. The number of hydrogen-bond donors (Lipinski definition) is 2. The number of benzene rings is 1. The summed E-state index contributed by atoms with van der Waals surface area (Å²) >= 11 is 0. The highest BCUT2D eigenvalue weighted by molar-refractivity contribution is 5.93. The van der Waals surface area contributed by atoms with Gasteiger partial charge in [-0.1, -0.05) is 12.1 Å². The molecule has 0 spiro atoms. The number of hydrogen-bond acceptors (Lipinski definition) is 6. The highest BCUT2D eigenvalue weighted by Crippen LogP contribution is 2.30. The third kappa shape index (κ3) is 4.56. The summed E-state index contributed by atoms with van der Waals surface area (Å²) in [5, 5.41) is 9.97. The number of amides is 1. The zero-order chi connectivity index (χ0) is 22.5. The maximum absolute atomic E-state index is 12.9. The maximum atomic E-state index is 12.9. The van der Waals surface area contributed by atoms with Gasteiger partial charge in [-0.3, -0.25) is 9.59 Å². The molecule has 5 rings (SSSR count). The Labute approximate surface area is 186 Å². The molecule has 1 aromatic carbocycles. The number of nitrogens with one attached hydrogen (secondary N) is 1. The summed E-state index contributed by atoms with van der Waals surface area (Å²) in [6.07, 6.45) is 6.84. The van der Waals surface area contributed by atoms with Crippen molar-refractivity contribution in [1.29, 1.82) is 0 Å². The second kappa shape index (κ2) is 9.76. The Hall–Kier alpha value is -3.49. The molecule has 1 unspecified atom stereocenters. The second-order valence-corrected chi connectivity index (χ2v) is 8.26. The van der Waals surface area contributed by atoms with Gasteiger partial charge in [-0.25, -0.2) is 15.0 Å². The summed E-state index contributed by atoms with van der Waals surface area (Å²) in [4.78, 5) is 37.4. The number of imidazole rings is 1. The highest BCUT2D eigenvalue weighted by Gasteiger charge is 2.29. The van der Waals surface area contributed by atoms with Gasteiger partial charge in [0.25, 0.3) is 6.47 Å². The minimum absolute atomic E-state index is 0.0634. The molecule has 2 aliphatic rings. The lowest BCUT2D eigenvalue weighted by atomic mass is 9.97. The van der Waals surface area contributed by atoms with E-state index in [-0.39, 0.29) is 18.3 Å². The minimum atomic E-state index is -0.250. The molecule has 1 atom stereocenters. The Balaban J connectivity index is 0.000000775. The van der Waals surface area contributed by atoms with Crippen molar-refractivity contribution in [3.63, 3.8) is 0 Å². The predicted octanol–water partition coefficient (Wildman–Crippen LogP) is 3.03. The van der Waals surface area contributed by atoms with Gasteiger partial charge >= 0.3 is 0 Å². The number of nitrogens with zero attached hydrogens (tertiary/aromatic N) is 5. The quantitative estimate of drug-likeness (QED) is 0.607. The van der Waals surface area contributed by atoms with E-state index >= 15 is 0 Å². The number of rotatable bonds is 3. The molecule has 2 N–H and O–H groups in total. The van der Waals surface area contributed by atoms with Crippen LogP contribution < -0.4 is 10.2 Å². The largest absolute Gasteiger partial charge is 0.483 e. The van der Waals surface area contributed by atoms with Gasteiger partial charge in [0.1, 0.15) is 12.2 Å². The first-order valence-corrected chi connectivity index (χ1v) is 11.0. The zero-order valence-electron chi connectivity index (χ0n) is 18.2. The van der Waals surface area contributed by atoms with Gasteiger partial charge in [-0.15, -0.1) is 0 Å². The van der Waals surface area contributed by atoms with E-state index in [0.29, 0.717) is 6.54 Å². The van der Waals surface area contributed by atoms with Gasteiger partial charge in [-0.05, 0) is 50.3 Å². The van der Waals surface area contributed by atoms with E-state index in [0.717, 1.165) is 66.4 Å². The second-order valence-electron chi connectivity index (χ2n) is 8.26. The van der Waals surface area contributed by atoms with Crippen LogP contribution in [0.1, 0.15) is 37.1 Å². The number of aryl methyl sites for hydroxylation is 3. The monoisotopic (exact) mass is 436 g/mol. The normalized spacial score (nSPS) is 17.8. The molecule has 9 nitrogen and oxygen atoms in total. The Morgan fingerprint density at radius 3 is 2.88 bits per heavy atom. The maximum Gasteiger partial charge on any atom is 0.290 e. The van der Waals surface area contributed by atoms with Gasteiger partial charge in [0, 0.05) is 31.7 Å². The van der Waals surface area contributed by atoms with Crippen molar-refractivity contribution in [2.24, 2.45) is 5.92 Å². The lowest BCUT2D eigenvalue weighted by molar-refractivity contribution is -0.123. The van der Waals surface area contributed by atoms with E-state index in [2.05, 4.69) is 24.8 Å². The lowest BCUT2D eigenvalue weighted by Crippen LogP contribution is -2.41. The molecule has 9 heteroatoms. The molecule has 32 heavy (non-hydrogen) atoms. The van der Waals surface area contributed by atoms with Crippen LogP contribution in [0, 0.1) is 12.8 Å². The van der Waals surface area contributed by atoms with E-state index in [9.17, 15) is 4.79 Å². The number of aromatic nitrogens is 4. The van der Waals surface area contributed by atoms with Crippen molar-refractivity contribution < 1.29 is 14.7 Å². The van der Waals surface area contributed by atoms with Gasteiger partial charge in [0.15, 0.2) is 17.0 Å². The molecule has 2 aliphatic heterocycles. The Morgan fingerprint density at radius 1 is 1.22 bits per heavy atom. The number of carbonyl (C=O) groups is 2. The molecule has 2 aromatic heterocycles. The third-order valence-corrected chi connectivity index (χ3v) is 6.00. The molecule has 1 fully saturated rings. The standard InChI is InChI=1S/C22H26N6O.CH2O2/c1-15-6-4-8-17(12-15)25-22(29)16-7-5-10-27(13-16)20-19-21(24-14-23-20)28-11-3-2-9-18(28)26-19;2-1-3/h4,6,8,12,14,16H,2-3,5,7,9-11,13H2,1H3,(H,25,29);1H,(H,2,3). The van der Waals surface area contributed by atoms with Crippen molar-refractivity contribution >= 4 is 35.0 Å². The summed E-state index contributed by atoms with van der Waals surface area (Å²) in [7, 11) is 0. The van der Waals surface area contributed by atoms with Crippen LogP contribution in [-0.4, -0.2) is 50.1 Å². The fourth-order valence-corrected chi connectivity index (χ4v) is 4.53. The van der Waals surface area contributed by atoms with Crippen molar-refractivity contribution in [2.75, 3.05) is 23.3 Å². The Kier molecular flexibility index (Phi) is 6.63. The van der Waals surface area contributed by atoms with Crippen molar-refractivity contribution in [2.45, 2.75) is 45.6 Å². The summed E-state index contributed by atoms with van der Waals surface area (Å²) in [6.45, 7) is 4.31. The van der Waals surface area contributed by atoms with E-state index in [4.69, 9.17) is 14.9 Å². The highest BCUT2D eigenvalue weighted by atomic mass is 16.3. The first-order chi connectivity index (χ1) is 15.6. The lowest BCUT2D eigenvalue weighted by Gasteiger charge is -2.32. The number of carbonyl (C=O) groups excluding carboxylic acids is 1. The van der Waals surface area contributed by atoms with Gasteiger partial charge in [0.2, 0.25) is 5.91 Å². The van der Waals surface area contributed by atoms with Crippen LogP contribution in [0.3, 0.4) is 0 Å². The molecule has 1 saturated heterocycles. The van der Waals surface area contributed by atoms with Gasteiger partial charge in [0.05, 0.1) is 5.92 Å². The van der Waals surface area contributed by atoms with Crippen LogP contribution >= 0.6 is 0 Å². The molecule has 0 saturated carbocycles. The molecule has 168 valence electrons. The first kappa shape index (κ1) is 21.7. The SMILES string of the molecule is Cc1cccc(NC(=O)C2CCCN(c3ncnc4c3nc3n4CCCC3)C2)c1.O=CO. The topological polar surface area (TPSA) is 113 Å². The van der Waals surface area contributed by atoms with Gasteiger partial charge < -0.3 is 19.9 Å². The summed E-state index contributed by atoms with van der Waals surface area (Å²) in [5.41, 5.74) is 3.80. The Morgan fingerprint density at radius 2 is 2.06 bits per heavy atom. The fraction of sp³-hybridized carbons (Fsp3) is 0.435. The molecule has 0 radical (unpaired) electrons. The molecule has 0 bridgehead atoms. The fourth-order valence-electron chi connectivity index (χ4n) is 4.53. The van der Waals surface area contributed by atoms with Crippen LogP contribution in [0.2, 0.25) is 0 Å². The number of anilines is 2. The van der Waals surface area contributed by atoms with Gasteiger partial charge in [-0.2, -0.15) is 0 Å². The third-order valence-electron chi connectivity index (χ3n) is 6.00.